The Kier molecular flexibility index (Phi) is 8.34. The van der Waals surface area contributed by atoms with E-state index in [1.807, 2.05) is 0 Å². The number of benzene rings is 3. The number of rotatable bonds is 9. The summed E-state index contributed by atoms with van der Waals surface area (Å²) in [6.07, 6.45) is -1.47. The number of nitrogens with one attached hydrogen (secondary N) is 2. The first kappa shape index (κ1) is 27.9. The maximum atomic E-state index is 13.3. The van der Waals surface area contributed by atoms with Crippen LogP contribution in [-0.2, 0) is 17.5 Å². The Morgan fingerprint density at radius 2 is 1.73 bits per heavy atom. The molecule has 1 aromatic heterocycles. The first-order valence-corrected chi connectivity index (χ1v) is 13.0. The molecule has 0 amide bonds. The summed E-state index contributed by atoms with van der Waals surface area (Å²) in [6.45, 7) is 1.26. The number of ether oxygens (including phenoxy) is 3. The van der Waals surface area contributed by atoms with Crippen molar-refractivity contribution in [3.8, 4) is 17.2 Å². The van der Waals surface area contributed by atoms with Crippen molar-refractivity contribution >= 4 is 17.3 Å². The third-order valence-electron chi connectivity index (χ3n) is 6.55. The van der Waals surface area contributed by atoms with Crippen molar-refractivity contribution in [1.82, 2.24) is 9.97 Å². The number of alkyl halides is 3. The summed E-state index contributed by atoms with van der Waals surface area (Å²) in [5.74, 6) is 1.48. The van der Waals surface area contributed by atoms with Crippen LogP contribution in [0.5, 0.6) is 17.2 Å². The molecular weight excluding hydrogens is 535 g/mol. The first-order valence-electron chi connectivity index (χ1n) is 13.0. The molecule has 212 valence electrons. The van der Waals surface area contributed by atoms with E-state index in [2.05, 4.69) is 15.3 Å². The Morgan fingerprint density at radius 1 is 0.976 bits per heavy atom. The molecule has 0 aliphatic carbocycles. The molecule has 2 heterocycles. The van der Waals surface area contributed by atoms with Crippen LogP contribution in [0, 0.1) is 5.41 Å². The van der Waals surface area contributed by atoms with Gasteiger partial charge in [0.1, 0.15) is 41.8 Å². The minimum Gasteiger partial charge on any atom is -0.488 e. The molecule has 1 aliphatic rings. The molecule has 11 heteroatoms. The molecule has 4 aromatic rings. The monoisotopic (exact) mass is 563 g/mol. The van der Waals surface area contributed by atoms with E-state index in [0.717, 1.165) is 18.9 Å². The van der Waals surface area contributed by atoms with Crippen molar-refractivity contribution in [2.24, 2.45) is 0 Å². The number of nitrogens with zero attached hydrogens (tertiary/aromatic N) is 2. The average Bonchev–Trinajstić information content (AvgIpc) is 2.97. The highest BCUT2D eigenvalue weighted by molar-refractivity contribution is 6.16. The molecule has 0 radical (unpaired) electrons. The highest BCUT2D eigenvalue weighted by atomic mass is 19.4. The molecule has 5 rings (SSSR count). The number of hydrogen-bond acceptors (Lipinski definition) is 8. The van der Waals surface area contributed by atoms with E-state index in [9.17, 15) is 13.2 Å². The van der Waals surface area contributed by atoms with E-state index >= 15 is 0 Å². The first-order chi connectivity index (χ1) is 19.8. The van der Waals surface area contributed by atoms with Gasteiger partial charge in [0.15, 0.2) is 0 Å². The number of para-hydroxylation sites is 1. The van der Waals surface area contributed by atoms with E-state index in [0.29, 0.717) is 47.2 Å². The lowest BCUT2D eigenvalue weighted by atomic mass is 10.0. The van der Waals surface area contributed by atoms with Crippen LogP contribution in [0.4, 0.5) is 24.8 Å². The molecule has 3 aromatic carbocycles. The minimum absolute atomic E-state index is 0.0643. The Bertz CT molecular complexity index is 1510. The second kappa shape index (κ2) is 12.3. The number of anilines is 2. The van der Waals surface area contributed by atoms with Crippen molar-refractivity contribution in [1.29, 1.82) is 5.41 Å². The van der Waals surface area contributed by atoms with Crippen molar-refractivity contribution < 1.29 is 27.4 Å². The van der Waals surface area contributed by atoms with Gasteiger partial charge in [-0.25, -0.2) is 9.97 Å². The molecular formula is C30H28F3N5O3. The summed E-state index contributed by atoms with van der Waals surface area (Å²) >= 11 is 0. The summed E-state index contributed by atoms with van der Waals surface area (Å²) < 4.78 is 56.6. The Balaban J connectivity index is 1.26. The van der Waals surface area contributed by atoms with Gasteiger partial charge < -0.3 is 25.3 Å². The zero-order valence-corrected chi connectivity index (χ0v) is 21.9. The van der Waals surface area contributed by atoms with Crippen LogP contribution < -0.4 is 20.5 Å². The minimum atomic E-state index is -4.51. The third-order valence-corrected chi connectivity index (χ3v) is 6.55. The van der Waals surface area contributed by atoms with Gasteiger partial charge in [-0.05, 0) is 66.9 Å². The van der Waals surface area contributed by atoms with Crippen LogP contribution in [0.25, 0.3) is 0 Å². The lowest BCUT2D eigenvalue weighted by Crippen LogP contribution is -2.29. The molecule has 0 spiro atoms. The topological polar surface area (TPSA) is 115 Å². The number of nitrogens with two attached hydrogens (primary N) is 1. The van der Waals surface area contributed by atoms with Gasteiger partial charge in [-0.2, -0.15) is 13.2 Å². The van der Waals surface area contributed by atoms with Crippen molar-refractivity contribution in [3.05, 3.63) is 101 Å². The lowest BCUT2D eigenvalue weighted by molar-refractivity contribution is -0.139. The fraction of sp³-hybridized carbons (Fsp3) is 0.233. The largest absolute Gasteiger partial charge is 0.488 e. The smallest absolute Gasteiger partial charge is 0.419 e. The quantitative estimate of drug-likeness (QED) is 0.200. The van der Waals surface area contributed by atoms with Crippen LogP contribution in [0.1, 0.15) is 35.1 Å². The Morgan fingerprint density at radius 3 is 2.49 bits per heavy atom. The maximum Gasteiger partial charge on any atom is 0.419 e. The van der Waals surface area contributed by atoms with Gasteiger partial charge in [-0.1, -0.05) is 24.3 Å². The summed E-state index contributed by atoms with van der Waals surface area (Å²) in [4.78, 5) is 8.42. The number of aromatic nitrogens is 2. The molecule has 0 unspecified atom stereocenters. The van der Waals surface area contributed by atoms with Gasteiger partial charge in [0.05, 0.1) is 16.8 Å². The van der Waals surface area contributed by atoms with E-state index in [1.54, 1.807) is 48.5 Å². The Hall–Kier alpha value is -4.64. The van der Waals surface area contributed by atoms with Gasteiger partial charge in [0.2, 0.25) is 0 Å². The van der Waals surface area contributed by atoms with E-state index in [4.69, 9.17) is 25.4 Å². The summed E-state index contributed by atoms with van der Waals surface area (Å²) in [5.41, 5.74) is 7.16. The van der Waals surface area contributed by atoms with Crippen molar-refractivity contribution in [3.63, 3.8) is 0 Å². The molecule has 0 bridgehead atoms. The second-order valence-corrected chi connectivity index (χ2v) is 9.44. The predicted octanol–water partition coefficient (Wildman–Crippen LogP) is 6.46. The average molecular weight is 564 g/mol. The van der Waals surface area contributed by atoms with Gasteiger partial charge in [-0.15, -0.1) is 0 Å². The SMILES string of the molecule is N=C(c1ccc(Oc2cccc(COc3ccccc3C(F)(F)F)c2)cc1)c1c(N)ncnc1NC1CCOCC1. The van der Waals surface area contributed by atoms with Crippen molar-refractivity contribution in [2.45, 2.75) is 31.7 Å². The third kappa shape index (κ3) is 6.93. The van der Waals surface area contributed by atoms with Gasteiger partial charge in [0.25, 0.3) is 0 Å². The number of halogens is 3. The molecule has 8 nitrogen and oxygen atoms in total. The molecule has 1 fully saturated rings. The fourth-order valence-corrected chi connectivity index (χ4v) is 4.45. The molecule has 1 saturated heterocycles. The molecule has 0 saturated carbocycles. The van der Waals surface area contributed by atoms with E-state index in [1.165, 1.54) is 24.5 Å². The lowest BCUT2D eigenvalue weighted by Gasteiger charge is -2.25. The predicted molar refractivity (Wildman–Crippen MR) is 149 cm³/mol. The summed E-state index contributed by atoms with van der Waals surface area (Å²) in [6, 6.07) is 19.1. The van der Waals surface area contributed by atoms with Crippen molar-refractivity contribution in [2.75, 3.05) is 24.3 Å². The maximum absolute atomic E-state index is 13.3. The van der Waals surface area contributed by atoms with Crippen LogP contribution in [0.15, 0.2) is 79.1 Å². The molecule has 0 atom stereocenters. The molecule has 41 heavy (non-hydrogen) atoms. The highest BCUT2D eigenvalue weighted by Gasteiger charge is 2.34. The van der Waals surface area contributed by atoms with Gasteiger partial charge in [-0.3, -0.25) is 5.41 Å². The Labute approximate surface area is 234 Å². The highest BCUT2D eigenvalue weighted by Crippen LogP contribution is 2.36. The number of nitrogen functional groups attached to an aromatic ring is 1. The normalized spacial score (nSPS) is 13.9. The van der Waals surface area contributed by atoms with Gasteiger partial charge in [0, 0.05) is 24.8 Å². The second-order valence-electron chi connectivity index (χ2n) is 9.44. The zero-order chi connectivity index (χ0) is 28.8. The van der Waals surface area contributed by atoms with E-state index in [-0.39, 0.29) is 29.9 Å². The van der Waals surface area contributed by atoms with Crippen LogP contribution in [0.2, 0.25) is 0 Å². The zero-order valence-electron chi connectivity index (χ0n) is 21.9. The van der Waals surface area contributed by atoms with Crippen LogP contribution >= 0.6 is 0 Å². The van der Waals surface area contributed by atoms with E-state index < -0.39 is 11.7 Å². The fourth-order valence-electron chi connectivity index (χ4n) is 4.45. The van der Waals surface area contributed by atoms with Crippen LogP contribution in [-0.4, -0.2) is 34.9 Å². The standard InChI is InChI=1S/C30H28F3N5O3/c31-30(32,33)24-6-1-2-7-25(24)40-17-19-4-3-5-23(16-19)41-22-10-8-20(9-11-22)27(34)26-28(35)36-18-37-29(26)38-21-12-14-39-15-13-21/h1-11,16,18,21,34H,12-15,17H2,(H3,35,36,37,38). The summed E-state index contributed by atoms with van der Waals surface area (Å²) in [5, 5.41) is 12.2. The summed E-state index contributed by atoms with van der Waals surface area (Å²) in [7, 11) is 0. The van der Waals surface area contributed by atoms with Crippen LogP contribution in [0.3, 0.4) is 0 Å². The molecule has 4 N–H and O–H groups in total. The van der Waals surface area contributed by atoms with Gasteiger partial charge >= 0.3 is 6.18 Å². The molecule has 1 aliphatic heterocycles. The number of hydrogen-bond donors (Lipinski definition) is 3.